The standard InChI is InChI=1S/C13H17N3/c1-3-16-8-10-4-12(13(16)5-10)11-6-14-9(2)15-7-11/h4,6-7,10,13H,3,5,8H2,1-2H3. The number of hydrogen-bond acceptors (Lipinski definition) is 3. The Balaban J connectivity index is 1.91. The molecule has 2 unspecified atom stereocenters. The number of rotatable bonds is 2. The third-order valence-electron chi connectivity index (χ3n) is 3.73. The highest BCUT2D eigenvalue weighted by molar-refractivity contribution is 5.72. The van der Waals surface area contributed by atoms with E-state index in [0.29, 0.717) is 6.04 Å². The van der Waals surface area contributed by atoms with Gasteiger partial charge in [-0.2, -0.15) is 0 Å². The van der Waals surface area contributed by atoms with E-state index in [1.807, 2.05) is 19.3 Å². The SMILES string of the molecule is CCN1CC2C=C(c3cnc(C)nc3)C1C2. The van der Waals surface area contributed by atoms with Crippen LogP contribution in [0.3, 0.4) is 0 Å². The topological polar surface area (TPSA) is 29.0 Å². The van der Waals surface area contributed by atoms with E-state index < -0.39 is 0 Å². The molecule has 0 amide bonds. The van der Waals surface area contributed by atoms with Gasteiger partial charge in [0.05, 0.1) is 0 Å². The monoisotopic (exact) mass is 215 g/mol. The van der Waals surface area contributed by atoms with Crippen molar-refractivity contribution in [1.29, 1.82) is 0 Å². The van der Waals surface area contributed by atoms with E-state index in [0.717, 1.165) is 18.3 Å². The van der Waals surface area contributed by atoms with Gasteiger partial charge in [-0.05, 0) is 31.4 Å². The molecule has 84 valence electrons. The van der Waals surface area contributed by atoms with Gasteiger partial charge in [0.25, 0.3) is 0 Å². The van der Waals surface area contributed by atoms with Crippen LogP contribution >= 0.6 is 0 Å². The molecule has 2 bridgehead atoms. The van der Waals surface area contributed by atoms with Crippen LogP contribution in [-0.4, -0.2) is 34.0 Å². The summed E-state index contributed by atoms with van der Waals surface area (Å²) in [6.45, 7) is 6.55. The second-order valence-corrected chi connectivity index (χ2v) is 4.74. The summed E-state index contributed by atoms with van der Waals surface area (Å²) in [4.78, 5) is 11.1. The number of likely N-dealkylation sites (tertiary alicyclic amines) is 1. The Hall–Kier alpha value is -1.22. The van der Waals surface area contributed by atoms with Crippen molar-refractivity contribution in [2.24, 2.45) is 5.92 Å². The van der Waals surface area contributed by atoms with Crippen molar-refractivity contribution < 1.29 is 0 Å². The summed E-state index contributed by atoms with van der Waals surface area (Å²) in [7, 11) is 0. The molecule has 2 aliphatic rings. The first-order valence-corrected chi connectivity index (χ1v) is 6.02. The van der Waals surface area contributed by atoms with Crippen LogP contribution in [-0.2, 0) is 0 Å². The van der Waals surface area contributed by atoms with Gasteiger partial charge in [-0.1, -0.05) is 13.0 Å². The maximum Gasteiger partial charge on any atom is 0.125 e. The molecule has 0 radical (unpaired) electrons. The average molecular weight is 215 g/mol. The first-order chi connectivity index (χ1) is 7.78. The van der Waals surface area contributed by atoms with Gasteiger partial charge < -0.3 is 0 Å². The van der Waals surface area contributed by atoms with Crippen molar-refractivity contribution in [3.63, 3.8) is 0 Å². The number of nitrogens with zero attached hydrogens (tertiary/aromatic N) is 3. The Bertz CT molecular complexity index is 421. The zero-order valence-corrected chi connectivity index (χ0v) is 9.85. The quantitative estimate of drug-likeness (QED) is 0.754. The third kappa shape index (κ3) is 1.47. The molecule has 0 N–H and O–H groups in total. The van der Waals surface area contributed by atoms with E-state index in [1.165, 1.54) is 24.1 Å². The first-order valence-electron chi connectivity index (χ1n) is 6.02. The van der Waals surface area contributed by atoms with Crippen molar-refractivity contribution in [1.82, 2.24) is 14.9 Å². The van der Waals surface area contributed by atoms with Gasteiger partial charge in [-0.25, -0.2) is 9.97 Å². The molecule has 0 spiro atoms. The lowest BCUT2D eigenvalue weighted by Gasteiger charge is -2.26. The molecular weight excluding hydrogens is 198 g/mol. The van der Waals surface area contributed by atoms with E-state index in [-0.39, 0.29) is 0 Å². The highest BCUT2D eigenvalue weighted by Gasteiger charge is 2.38. The highest BCUT2D eigenvalue weighted by atomic mass is 15.2. The van der Waals surface area contributed by atoms with E-state index in [2.05, 4.69) is 27.9 Å². The molecule has 3 heteroatoms. The second kappa shape index (κ2) is 3.67. The summed E-state index contributed by atoms with van der Waals surface area (Å²) in [5.74, 6) is 1.60. The smallest absolute Gasteiger partial charge is 0.125 e. The van der Waals surface area contributed by atoms with E-state index in [9.17, 15) is 0 Å². The Morgan fingerprint density at radius 1 is 1.38 bits per heavy atom. The minimum atomic E-state index is 0.612. The predicted molar refractivity (Wildman–Crippen MR) is 63.9 cm³/mol. The van der Waals surface area contributed by atoms with Crippen LogP contribution in [0, 0.1) is 12.8 Å². The predicted octanol–water partition coefficient (Wildman–Crippen LogP) is 1.89. The number of aryl methyl sites for hydroxylation is 1. The summed E-state index contributed by atoms with van der Waals surface area (Å²) in [5.41, 5.74) is 2.65. The van der Waals surface area contributed by atoms with Crippen LogP contribution in [0.5, 0.6) is 0 Å². The van der Waals surface area contributed by atoms with Crippen LogP contribution < -0.4 is 0 Å². The Kier molecular flexibility index (Phi) is 2.28. The largest absolute Gasteiger partial charge is 0.296 e. The average Bonchev–Trinajstić information content (AvgIpc) is 2.89. The Morgan fingerprint density at radius 3 is 2.75 bits per heavy atom. The second-order valence-electron chi connectivity index (χ2n) is 4.74. The molecule has 1 saturated heterocycles. The molecule has 16 heavy (non-hydrogen) atoms. The van der Waals surface area contributed by atoms with Gasteiger partial charge in [-0.15, -0.1) is 0 Å². The molecule has 1 aliphatic heterocycles. The van der Waals surface area contributed by atoms with Crippen LogP contribution in [0.4, 0.5) is 0 Å². The zero-order chi connectivity index (χ0) is 11.1. The number of likely N-dealkylation sites (N-methyl/N-ethyl adjacent to an activating group) is 1. The number of hydrogen-bond donors (Lipinski definition) is 0. The minimum absolute atomic E-state index is 0.612. The van der Waals surface area contributed by atoms with Gasteiger partial charge in [-0.3, -0.25) is 4.90 Å². The molecule has 0 aromatic carbocycles. The zero-order valence-electron chi connectivity index (χ0n) is 9.85. The van der Waals surface area contributed by atoms with Crippen molar-refractivity contribution in [3.05, 3.63) is 29.9 Å². The molecule has 2 atom stereocenters. The van der Waals surface area contributed by atoms with E-state index >= 15 is 0 Å². The molecule has 1 aromatic rings. The lowest BCUT2D eigenvalue weighted by Crippen LogP contribution is -2.31. The Labute approximate surface area is 96.2 Å². The van der Waals surface area contributed by atoms with Crippen molar-refractivity contribution >= 4 is 5.57 Å². The van der Waals surface area contributed by atoms with Crippen molar-refractivity contribution in [2.75, 3.05) is 13.1 Å². The van der Waals surface area contributed by atoms with Crippen LogP contribution in [0.2, 0.25) is 0 Å². The van der Waals surface area contributed by atoms with Crippen LogP contribution in [0.1, 0.15) is 24.7 Å². The normalized spacial score (nSPS) is 28.5. The fourth-order valence-corrected chi connectivity index (χ4v) is 2.93. The van der Waals surface area contributed by atoms with Crippen LogP contribution in [0.15, 0.2) is 18.5 Å². The fraction of sp³-hybridized carbons (Fsp3) is 0.538. The van der Waals surface area contributed by atoms with Gasteiger partial charge in [0.2, 0.25) is 0 Å². The maximum atomic E-state index is 4.29. The third-order valence-corrected chi connectivity index (χ3v) is 3.73. The summed E-state index contributed by atoms with van der Waals surface area (Å²) in [5, 5.41) is 0. The van der Waals surface area contributed by atoms with E-state index in [4.69, 9.17) is 0 Å². The molecule has 0 saturated carbocycles. The summed E-state index contributed by atoms with van der Waals surface area (Å²) >= 11 is 0. The summed E-state index contributed by atoms with van der Waals surface area (Å²) in [6.07, 6.45) is 7.63. The minimum Gasteiger partial charge on any atom is -0.296 e. The summed E-state index contributed by atoms with van der Waals surface area (Å²) in [6, 6.07) is 0.612. The maximum absolute atomic E-state index is 4.29. The number of fused-ring (bicyclic) bond motifs is 2. The van der Waals surface area contributed by atoms with Crippen LogP contribution in [0.25, 0.3) is 5.57 Å². The lowest BCUT2D eigenvalue weighted by atomic mass is 10.0. The Morgan fingerprint density at radius 2 is 2.12 bits per heavy atom. The van der Waals surface area contributed by atoms with E-state index in [1.54, 1.807) is 0 Å². The molecule has 1 aliphatic carbocycles. The molecule has 2 heterocycles. The van der Waals surface area contributed by atoms with Gasteiger partial charge in [0, 0.05) is 30.5 Å². The molecule has 3 rings (SSSR count). The molecule has 3 nitrogen and oxygen atoms in total. The highest BCUT2D eigenvalue weighted by Crippen LogP contribution is 2.40. The lowest BCUT2D eigenvalue weighted by molar-refractivity contribution is 0.302. The fourth-order valence-electron chi connectivity index (χ4n) is 2.93. The van der Waals surface area contributed by atoms with Gasteiger partial charge >= 0.3 is 0 Å². The molecular formula is C13H17N3. The summed E-state index contributed by atoms with van der Waals surface area (Å²) < 4.78 is 0. The van der Waals surface area contributed by atoms with Gasteiger partial charge in [0.1, 0.15) is 5.82 Å². The van der Waals surface area contributed by atoms with Crippen molar-refractivity contribution in [3.8, 4) is 0 Å². The first kappa shape index (κ1) is 9.97. The molecule has 1 aromatic heterocycles. The van der Waals surface area contributed by atoms with Gasteiger partial charge in [0.15, 0.2) is 0 Å². The molecule has 1 fully saturated rings. The van der Waals surface area contributed by atoms with Crippen molar-refractivity contribution in [2.45, 2.75) is 26.3 Å². The number of aromatic nitrogens is 2.